The van der Waals surface area contributed by atoms with Gasteiger partial charge in [-0.05, 0) is 12.1 Å². The van der Waals surface area contributed by atoms with Crippen molar-refractivity contribution in [1.29, 1.82) is 0 Å². The van der Waals surface area contributed by atoms with Crippen LogP contribution in [-0.4, -0.2) is 0 Å². The van der Waals surface area contributed by atoms with E-state index in [2.05, 4.69) is 4.74 Å². The Morgan fingerprint density at radius 2 is 1.10 bits per heavy atom. The molecular formula is C13H5F7O. The summed E-state index contributed by atoms with van der Waals surface area (Å²) in [6.07, 6.45) is -4.75. The van der Waals surface area contributed by atoms with Crippen LogP contribution in [0.25, 0.3) is 0 Å². The predicted octanol–water partition coefficient (Wildman–Crippen LogP) is 4.51. The summed E-state index contributed by atoms with van der Waals surface area (Å²) in [4.78, 5) is 0. The molecule has 0 aliphatic carbocycles. The first kappa shape index (κ1) is 15.1. The average Bonchev–Trinajstić information content (AvgIpc) is 2.43. The lowest BCUT2D eigenvalue weighted by Crippen LogP contribution is -2.27. The van der Waals surface area contributed by atoms with Gasteiger partial charge < -0.3 is 4.74 Å². The van der Waals surface area contributed by atoms with Crippen LogP contribution in [0.15, 0.2) is 30.3 Å². The van der Waals surface area contributed by atoms with Gasteiger partial charge in [0.15, 0.2) is 23.3 Å². The van der Waals surface area contributed by atoms with Crippen molar-refractivity contribution < 1.29 is 35.5 Å². The van der Waals surface area contributed by atoms with Crippen LogP contribution in [0.5, 0.6) is 5.75 Å². The summed E-state index contributed by atoms with van der Waals surface area (Å²) in [5.41, 5.74) is -2.34. The van der Waals surface area contributed by atoms with Crippen LogP contribution in [0.3, 0.4) is 0 Å². The van der Waals surface area contributed by atoms with Crippen LogP contribution >= 0.6 is 0 Å². The minimum Gasteiger partial charge on any atom is -0.429 e. The van der Waals surface area contributed by atoms with Crippen molar-refractivity contribution in [3.63, 3.8) is 0 Å². The van der Waals surface area contributed by atoms with E-state index >= 15 is 0 Å². The largest absolute Gasteiger partial charge is 0.432 e. The molecule has 0 unspecified atom stereocenters. The van der Waals surface area contributed by atoms with Crippen molar-refractivity contribution in [1.82, 2.24) is 0 Å². The van der Waals surface area contributed by atoms with Crippen molar-refractivity contribution >= 4 is 0 Å². The topological polar surface area (TPSA) is 9.23 Å². The molecule has 2 aromatic rings. The molecule has 0 saturated carbocycles. The molecule has 0 bridgehead atoms. The molecule has 0 spiro atoms. The summed E-state index contributed by atoms with van der Waals surface area (Å²) < 4.78 is 96.7. The maximum absolute atomic E-state index is 13.7. The lowest BCUT2D eigenvalue weighted by Gasteiger charge is -2.19. The van der Waals surface area contributed by atoms with Crippen molar-refractivity contribution in [3.05, 3.63) is 65.0 Å². The van der Waals surface area contributed by atoms with Gasteiger partial charge in [-0.3, -0.25) is 0 Å². The molecule has 0 radical (unpaired) electrons. The van der Waals surface area contributed by atoms with Gasteiger partial charge >= 0.3 is 6.11 Å². The third-order valence-corrected chi connectivity index (χ3v) is 2.49. The summed E-state index contributed by atoms with van der Waals surface area (Å²) in [5.74, 6) is -13.3. The second-order valence-electron chi connectivity index (χ2n) is 3.88. The number of rotatable bonds is 3. The maximum atomic E-state index is 13.7. The molecule has 0 aliphatic heterocycles. The number of benzene rings is 2. The third-order valence-electron chi connectivity index (χ3n) is 2.49. The van der Waals surface area contributed by atoms with Crippen LogP contribution in [0, 0.1) is 29.1 Å². The number of hydrogen-bond donors (Lipinski definition) is 0. The number of ether oxygens (including phenoxy) is 1. The van der Waals surface area contributed by atoms with Crippen molar-refractivity contribution in [3.8, 4) is 5.75 Å². The Bertz CT molecular complexity index is 641. The summed E-state index contributed by atoms with van der Waals surface area (Å²) in [5, 5.41) is 0. The molecule has 8 heteroatoms. The summed E-state index contributed by atoms with van der Waals surface area (Å²) in [6, 6.07) is 6.07. The van der Waals surface area contributed by atoms with E-state index in [0.29, 0.717) is 0 Å². The molecule has 1 nitrogen and oxygen atoms in total. The standard InChI is InChI=1S/C13H5F7O/c14-8-7(9(15)11(17)12(18)10(8)16)13(19,20)21-6-4-2-1-3-5-6/h1-5H. The second-order valence-corrected chi connectivity index (χ2v) is 3.88. The molecule has 0 amide bonds. The molecule has 0 fully saturated rings. The number of alkyl halides is 2. The van der Waals surface area contributed by atoms with Gasteiger partial charge in [0.2, 0.25) is 5.82 Å². The van der Waals surface area contributed by atoms with E-state index in [4.69, 9.17) is 0 Å². The summed E-state index contributed by atoms with van der Waals surface area (Å²) >= 11 is 0. The first-order valence-electron chi connectivity index (χ1n) is 5.39. The van der Waals surface area contributed by atoms with Gasteiger partial charge in [0.05, 0.1) is 0 Å². The minimum atomic E-state index is -4.75. The molecule has 0 saturated heterocycles. The van der Waals surface area contributed by atoms with Gasteiger partial charge in [-0.1, -0.05) is 18.2 Å². The highest BCUT2D eigenvalue weighted by Crippen LogP contribution is 2.37. The van der Waals surface area contributed by atoms with Crippen molar-refractivity contribution in [2.75, 3.05) is 0 Å². The van der Waals surface area contributed by atoms with Crippen LogP contribution in [0.1, 0.15) is 5.56 Å². The van der Waals surface area contributed by atoms with Crippen LogP contribution in [0.2, 0.25) is 0 Å². The van der Waals surface area contributed by atoms with Gasteiger partial charge in [-0.2, -0.15) is 8.78 Å². The molecule has 2 rings (SSSR count). The highest BCUT2D eigenvalue weighted by Gasteiger charge is 2.44. The molecule has 0 aliphatic rings. The predicted molar refractivity (Wildman–Crippen MR) is 57.2 cm³/mol. The van der Waals surface area contributed by atoms with E-state index in [0.717, 1.165) is 12.1 Å². The number of para-hydroxylation sites is 1. The zero-order valence-electron chi connectivity index (χ0n) is 9.94. The Morgan fingerprint density at radius 1 is 0.667 bits per heavy atom. The average molecular weight is 310 g/mol. The van der Waals surface area contributed by atoms with Crippen LogP contribution in [0.4, 0.5) is 30.7 Å². The smallest absolute Gasteiger partial charge is 0.429 e. The van der Waals surface area contributed by atoms with Crippen molar-refractivity contribution in [2.45, 2.75) is 6.11 Å². The lowest BCUT2D eigenvalue weighted by molar-refractivity contribution is -0.190. The van der Waals surface area contributed by atoms with Crippen molar-refractivity contribution in [2.24, 2.45) is 0 Å². The Morgan fingerprint density at radius 3 is 1.57 bits per heavy atom. The normalized spacial score (nSPS) is 11.6. The molecule has 2 aromatic carbocycles. The fourth-order valence-electron chi connectivity index (χ4n) is 1.55. The Hall–Kier alpha value is -2.25. The van der Waals surface area contributed by atoms with Gasteiger partial charge in [0, 0.05) is 0 Å². The maximum Gasteiger partial charge on any atom is 0.432 e. The monoisotopic (exact) mass is 310 g/mol. The molecule has 112 valence electrons. The van der Waals surface area contributed by atoms with Crippen LogP contribution < -0.4 is 4.74 Å². The minimum absolute atomic E-state index is 0.508. The fourth-order valence-corrected chi connectivity index (χ4v) is 1.55. The first-order valence-corrected chi connectivity index (χ1v) is 5.39. The van der Waals surface area contributed by atoms with E-state index in [1.807, 2.05) is 0 Å². The SMILES string of the molecule is Fc1c(F)c(F)c(C(F)(F)Oc2ccccc2)c(F)c1F. The molecule has 0 N–H and O–H groups in total. The third kappa shape index (κ3) is 2.65. The van der Waals surface area contributed by atoms with Crippen LogP contribution in [-0.2, 0) is 6.11 Å². The van der Waals surface area contributed by atoms with E-state index < -0.39 is 46.5 Å². The Kier molecular flexibility index (Phi) is 3.80. The molecule has 0 aromatic heterocycles. The summed E-state index contributed by atoms with van der Waals surface area (Å²) in [7, 11) is 0. The van der Waals surface area contributed by atoms with Gasteiger partial charge in [-0.25, -0.2) is 22.0 Å². The molecule has 0 atom stereocenters. The Labute approximate surface area is 113 Å². The Balaban J connectivity index is 2.55. The van der Waals surface area contributed by atoms with E-state index in [-0.39, 0.29) is 0 Å². The zero-order chi connectivity index (χ0) is 15.8. The van der Waals surface area contributed by atoms with E-state index in [9.17, 15) is 30.7 Å². The zero-order valence-corrected chi connectivity index (χ0v) is 9.94. The molecular weight excluding hydrogens is 305 g/mol. The lowest BCUT2D eigenvalue weighted by atomic mass is 10.1. The number of halogens is 7. The number of hydrogen-bond acceptors (Lipinski definition) is 1. The summed E-state index contributed by atoms with van der Waals surface area (Å²) in [6.45, 7) is 0. The van der Waals surface area contributed by atoms with Gasteiger partial charge in [0.1, 0.15) is 11.3 Å². The molecule has 21 heavy (non-hydrogen) atoms. The van der Waals surface area contributed by atoms with E-state index in [1.165, 1.54) is 18.2 Å². The highest BCUT2D eigenvalue weighted by atomic mass is 19.3. The molecule has 0 heterocycles. The second kappa shape index (κ2) is 5.27. The van der Waals surface area contributed by atoms with Gasteiger partial charge in [0.25, 0.3) is 0 Å². The van der Waals surface area contributed by atoms with Gasteiger partial charge in [-0.15, -0.1) is 0 Å². The quantitative estimate of drug-likeness (QED) is 0.460. The first-order chi connectivity index (χ1) is 9.75. The fraction of sp³-hybridized carbons (Fsp3) is 0.0769. The highest BCUT2D eigenvalue weighted by molar-refractivity contribution is 5.29. The van der Waals surface area contributed by atoms with E-state index in [1.54, 1.807) is 0 Å².